The van der Waals surface area contributed by atoms with Gasteiger partial charge in [-0.15, -0.1) is 0 Å². The number of rotatable bonds is 6. The molecule has 1 aliphatic rings. The molecule has 0 aromatic carbocycles. The summed E-state index contributed by atoms with van der Waals surface area (Å²) >= 11 is 0. The molecule has 0 saturated heterocycles. The minimum Gasteiger partial charge on any atom is -0.371 e. The van der Waals surface area contributed by atoms with E-state index < -0.39 is 0 Å². The summed E-state index contributed by atoms with van der Waals surface area (Å²) in [6.07, 6.45) is 17.5. The van der Waals surface area contributed by atoms with E-state index in [4.69, 9.17) is 0 Å². The smallest absolute Gasteiger partial charge is 0.0927 e. The van der Waals surface area contributed by atoms with Gasteiger partial charge in [0.25, 0.3) is 0 Å². The molecule has 24 heavy (non-hydrogen) atoms. The van der Waals surface area contributed by atoms with Crippen molar-refractivity contribution < 1.29 is 0 Å². The van der Waals surface area contributed by atoms with Crippen LogP contribution in [0.5, 0.6) is 0 Å². The second-order valence-corrected chi connectivity index (χ2v) is 5.23. The Balaban J connectivity index is 3.25. The first kappa shape index (κ1) is 19.4. The van der Waals surface area contributed by atoms with Crippen molar-refractivity contribution in [2.45, 2.75) is 13.8 Å². The molecular formula is C21H27N3. The first-order valence-corrected chi connectivity index (χ1v) is 7.98. The lowest BCUT2D eigenvalue weighted by molar-refractivity contribution is 0.691. The number of nitrogens with zero attached hydrogens (tertiary/aromatic N) is 1. The van der Waals surface area contributed by atoms with Crippen molar-refractivity contribution in [3.05, 3.63) is 97.0 Å². The Hall–Kier alpha value is -2.65. The first-order valence-electron chi connectivity index (χ1n) is 7.98. The fourth-order valence-corrected chi connectivity index (χ4v) is 2.04. The van der Waals surface area contributed by atoms with Gasteiger partial charge in [-0.05, 0) is 31.1 Å². The lowest BCUT2D eigenvalue weighted by atomic mass is 10.0. The Morgan fingerprint density at radius 2 is 1.79 bits per heavy atom. The molecular weight excluding hydrogens is 294 g/mol. The molecule has 0 fully saturated rings. The van der Waals surface area contributed by atoms with Crippen molar-refractivity contribution in [2.24, 2.45) is 4.99 Å². The number of allylic oxidation sites excluding steroid dienone is 10. The van der Waals surface area contributed by atoms with Crippen molar-refractivity contribution in [1.82, 2.24) is 10.6 Å². The van der Waals surface area contributed by atoms with Gasteiger partial charge in [0, 0.05) is 18.3 Å². The van der Waals surface area contributed by atoms with Gasteiger partial charge in [0.15, 0.2) is 0 Å². The summed E-state index contributed by atoms with van der Waals surface area (Å²) in [6.45, 7) is 17.5. The van der Waals surface area contributed by atoms with E-state index in [9.17, 15) is 0 Å². The van der Waals surface area contributed by atoms with Crippen LogP contribution in [0.2, 0.25) is 0 Å². The molecule has 0 atom stereocenters. The van der Waals surface area contributed by atoms with Crippen LogP contribution in [0.25, 0.3) is 0 Å². The third-order valence-electron chi connectivity index (χ3n) is 3.14. The van der Waals surface area contributed by atoms with Crippen LogP contribution in [-0.4, -0.2) is 18.9 Å². The van der Waals surface area contributed by atoms with Gasteiger partial charge < -0.3 is 5.32 Å². The number of nitrogens with one attached hydrogen (secondary N) is 2. The van der Waals surface area contributed by atoms with E-state index in [-0.39, 0.29) is 0 Å². The highest BCUT2D eigenvalue weighted by molar-refractivity contribution is 6.14. The summed E-state index contributed by atoms with van der Waals surface area (Å²) in [6, 6.07) is 0. The minimum atomic E-state index is 0.639. The van der Waals surface area contributed by atoms with Crippen molar-refractivity contribution >= 4 is 5.71 Å². The molecule has 0 spiro atoms. The lowest BCUT2D eigenvalue weighted by Gasteiger charge is -2.13. The maximum Gasteiger partial charge on any atom is 0.0927 e. The van der Waals surface area contributed by atoms with E-state index >= 15 is 0 Å². The maximum absolute atomic E-state index is 4.56. The Morgan fingerprint density at radius 1 is 1.08 bits per heavy atom. The maximum atomic E-state index is 4.56. The van der Waals surface area contributed by atoms with Crippen LogP contribution in [0.15, 0.2) is 102 Å². The standard InChI is InChI=1S/C21H27N3/c1-6-9-17(3)11-12-20(15-18(4)10-7-2)21-19(5)24-16-22-13-8-14-23-21/h6-12,14-15,22,24H,3-5,13,16H2,1-2H3/b9-6-,10-7-,12-11-,14-8-,20-15+,23-21-. The second kappa shape index (κ2) is 11.0. The first-order chi connectivity index (χ1) is 11.6. The molecule has 0 radical (unpaired) electrons. The zero-order valence-corrected chi connectivity index (χ0v) is 14.7. The van der Waals surface area contributed by atoms with Crippen molar-refractivity contribution in [3.63, 3.8) is 0 Å². The summed E-state index contributed by atoms with van der Waals surface area (Å²) in [7, 11) is 0. The topological polar surface area (TPSA) is 36.4 Å². The van der Waals surface area contributed by atoms with Crippen LogP contribution >= 0.6 is 0 Å². The van der Waals surface area contributed by atoms with Crippen molar-refractivity contribution in [1.29, 1.82) is 0 Å². The molecule has 1 aliphatic heterocycles. The summed E-state index contributed by atoms with van der Waals surface area (Å²) in [4.78, 5) is 4.56. The van der Waals surface area contributed by atoms with E-state index in [0.717, 1.165) is 34.7 Å². The summed E-state index contributed by atoms with van der Waals surface area (Å²) in [5, 5.41) is 6.46. The van der Waals surface area contributed by atoms with E-state index in [1.165, 1.54) is 0 Å². The average Bonchev–Trinajstić information content (AvgIpc) is 2.64. The molecule has 0 aromatic heterocycles. The monoisotopic (exact) mass is 321 g/mol. The predicted molar refractivity (Wildman–Crippen MR) is 107 cm³/mol. The molecule has 2 N–H and O–H groups in total. The molecule has 0 saturated carbocycles. The molecule has 1 heterocycles. The van der Waals surface area contributed by atoms with Gasteiger partial charge in [-0.25, -0.2) is 0 Å². The zero-order chi connectivity index (χ0) is 17.8. The second-order valence-electron chi connectivity index (χ2n) is 5.23. The quantitative estimate of drug-likeness (QED) is 0.714. The van der Waals surface area contributed by atoms with Crippen LogP contribution in [0.1, 0.15) is 13.8 Å². The van der Waals surface area contributed by atoms with Gasteiger partial charge in [-0.1, -0.05) is 62.3 Å². The van der Waals surface area contributed by atoms with Crippen LogP contribution < -0.4 is 10.6 Å². The Labute approximate surface area is 146 Å². The van der Waals surface area contributed by atoms with Crippen LogP contribution in [0, 0.1) is 0 Å². The van der Waals surface area contributed by atoms with Crippen LogP contribution in [0.3, 0.4) is 0 Å². The summed E-state index contributed by atoms with van der Waals surface area (Å²) < 4.78 is 0. The van der Waals surface area contributed by atoms with Gasteiger partial charge in [0.2, 0.25) is 0 Å². The molecule has 0 bridgehead atoms. The third-order valence-corrected chi connectivity index (χ3v) is 3.14. The van der Waals surface area contributed by atoms with Crippen molar-refractivity contribution in [2.75, 3.05) is 13.2 Å². The number of hydrogen-bond acceptors (Lipinski definition) is 3. The van der Waals surface area contributed by atoms with Crippen LogP contribution in [0.4, 0.5) is 0 Å². The van der Waals surface area contributed by atoms with Gasteiger partial charge in [0.05, 0.1) is 18.1 Å². The Bertz CT molecular complexity index is 653. The Kier molecular flexibility index (Phi) is 8.87. The van der Waals surface area contributed by atoms with Gasteiger partial charge in [-0.2, -0.15) is 0 Å². The number of hydrogen-bond donors (Lipinski definition) is 2. The summed E-state index contributed by atoms with van der Waals surface area (Å²) in [5.41, 5.74) is 4.28. The molecule has 0 aliphatic carbocycles. The normalized spacial score (nSPS) is 20.3. The zero-order valence-electron chi connectivity index (χ0n) is 14.7. The van der Waals surface area contributed by atoms with E-state index in [1.54, 1.807) is 6.20 Å². The molecule has 1 rings (SSSR count). The molecule has 0 unspecified atom stereocenters. The fourth-order valence-electron chi connectivity index (χ4n) is 2.04. The van der Waals surface area contributed by atoms with E-state index in [1.807, 2.05) is 62.5 Å². The van der Waals surface area contributed by atoms with E-state index in [0.29, 0.717) is 6.67 Å². The summed E-state index contributed by atoms with van der Waals surface area (Å²) in [5.74, 6) is 0. The van der Waals surface area contributed by atoms with Gasteiger partial charge in [0.1, 0.15) is 0 Å². The minimum absolute atomic E-state index is 0.639. The largest absolute Gasteiger partial charge is 0.371 e. The highest BCUT2D eigenvalue weighted by atomic mass is 15.1. The number of aliphatic imine (C=N–C) groups is 1. The third kappa shape index (κ3) is 7.07. The van der Waals surface area contributed by atoms with E-state index in [2.05, 4.69) is 35.4 Å². The molecule has 0 aromatic rings. The van der Waals surface area contributed by atoms with Crippen LogP contribution in [-0.2, 0) is 0 Å². The SMILES string of the molecule is C=C(/C=C\C)\C=C/C(=C\C(=C)/C=C\C)C1=N\C=C/CNCNC\1=C. The molecule has 3 heteroatoms. The average molecular weight is 321 g/mol. The predicted octanol–water partition coefficient (Wildman–Crippen LogP) is 4.35. The molecule has 0 amide bonds. The van der Waals surface area contributed by atoms with Gasteiger partial charge in [-0.3, -0.25) is 10.3 Å². The Morgan fingerprint density at radius 3 is 2.50 bits per heavy atom. The lowest BCUT2D eigenvalue weighted by Crippen LogP contribution is -2.30. The van der Waals surface area contributed by atoms with Crippen molar-refractivity contribution in [3.8, 4) is 0 Å². The fraction of sp³-hybridized carbons (Fsp3) is 0.190. The highest BCUT2D eigenvalue weighted by Crippen LogP contribution is 2.13. The molecule has 126 valence electrons. The molecule has 3 nitrogen and oxygen atoms in total. The highest BCUT2D eigenvalue weighted by Gasteiger charge is 2.09. The van der Waals surface area contributed by atoms with Gasteiger partial charge >= 0.3 is 0 Å².